The lowest BCUT2D eigenvalue weighted by Crippen LogP contribution is -2.41. The largest absolute Gasteiger partial charge is 0.480 e. The predicted octanol–water partition coefficient (Wildman–Crippen LogP) is 1.04. The van der Waals surface area contributed by atoms with Crippen molar-refractivity contribution < 1.29 is 23.1 Å². The van der Waals surface area contributed by atoms with Crippen LogP contribution < -0.4 is 0 Å². The van der Waals surface area contributed by atoms with E-state index in [2.05, 4.69) is 0 Å². The number of aliphatic carboxylic acids is 1. The second-order valence-electron chi connectivity index (χ2n) is 4.33. The Morgan fingerprint density at radius 1 is 1.40 bits per heavy atom. The van der Waals surface area contributed by atoms with Crippen LogP contribution in [-0.2, 0) is 14.8 Å². The van der Waals surface area contributed by atoms with Crippen LogP contribution >= 0.6 is 11.8 Å². The fourth-order valence-corrected chi connectivity index (χ4v) is 5.05. The number of hydrogen-bond acceptors (Lipinski definition) is 5. The third-order valence-electron chi connectivity index (χ3n) is 2.97. The Hall–Kier alpha value is -1.38. The Labute approximate surface area is 120 Å². The Morgan fingerprint density at radius 3 is 2.70 bits per heavy atom. The van der Waals surface area contributed by atoms with E-state index in [0.29, 0.717) is 0 Å². The second kappa shape index (κ2) is 5.55. The first-order valence-corrected chi connectivity index (χ1v) is 8.37. The van der Waals surface area contributed by atoms with Crippen molar-refractivity contribution in [3.63, 3.8) is 0 Å². The average molecular weight is 315 g/mol. The fraction of sp³-hybridized carbons (Fsp3) is 0.333. The highest BCUT2D eigenvalue weighted by atomic mass is 32.2. The van der Waals surface area contributed by atoms with E-state index in [4.69, 9.17) is 5.11 Å². The summed E-state index contributed by atoms with van der Waals surface area (Å²) < 4.78 is 25.9. The van der Waals surface area contributed by atoms with Gasteiger partial charge in [0.1, 0.15) is 6.04 Å². The number of Topliss-reactive ketones (excluding diaryl/α,β-unsaturated/α-hetero) is 1. The summed E-state index contributed by atoms with van der Waals surface area (Å²) in [5.41, 5.74) is 0.282. The van der Waals surface area contributed by atoms with Gasteiger partial charge in [-0.25, -0.2) is 8.42 Å². The highest BCUT2D eigenvalue weighted by Gasteiger charge is 2.40. The highest BCUT2D eigenvalue weighted by Crippen LogP contribution is 2.28. The Kier molecular flexibility index (Phi) is 4.17. The van der Waals surface area contributed by atoms with E-state index < -0.39 is 22.0 Å². The molecule has 0 radical (unpaired) electrons. The molecule has 0 aromatic heterocycles. The van der Waals surface area contributed by atoms with Gasteiger partial charge in [-0.05, 0) is 19.1 Å². The molecule has 1 aliphatic heterocycles. The van der Waals surface area contributed by atoms with Crippen LogP contribution in [0.3, 0.4) is 0 Å². The molecule has 1 aromatic rings. The van der Waals surface area contributed by atoms with E-state index in [1.54, 1.807) is 0 Å². The van der Waals surface area contributed by atoms with E-state index >= 15 is 0 Å². The molecule has 1 unspecified atom stereocenters. The smallest absolute Gasteiger partial charge is 0.322 e. The number of nitrogens with zero attached hydrogens (tertiary/aromatic N) is 1. The molecule has 1 saturated heterocycles. The molecule has 1 aromatic carbocycles. The summed E-state index contributed by atoms with van der Waals surface area (Å²) in [4.78, 5) is 22.3. The van der Waals surface area contributed by atoms with Gasteiger partial charge in [0.25, 0.3) is 0 Å². The maximum Gasteiger partial charge on any atom is 0.322 e. The Bertz CT molecular complexity index is 656. The molecule has 0 bridgehead atoms. The van der Waals surface area contributed by atoms with Crippen LogP contribution in [0.2, 0.25) is 0 Å². The molecule has 1 atom stereocenters. The summed E-state index contributed by atoms with van der Waals surface area (Å²) in [5, 5.41) is 9.06. The van der Waals surface area contributed by atoms with Gasteiger partial charge in [-0.1, -0.05) is 12.1 Å². The van der Waals surface area contributed by atoms with Gasteiger partial charge in [-0.3, -0.25) is 9.59 Å². The van der Waals surface area contributed by atoms with E-state index in [0.717, 1.165) is 4.31 Å². The molecule has 0 amide bonds. The summed E-state index contributed by atoms with van der Waals surface area (Å²) in [6.07, 6.45) is 0. The number of carbonyl (C=O) groups excluding carboxylic acids is 1. The molecule has 1 aliphatic rings. The van der Waals surface area contributed by atoms with Gasteiger partial charge in [0.05, 0.1) is 10.8 Å². The zero-order valence-corrected chi connectivity index (χ0v) is 12.3. The molecule has 20 heavy (non-hydrogen) atoms. The fourth-order valence-electron chi connectivity index (χ4n) is 1.87. The van der Waals surface area contributed by atoms with Crippen molar-refractivity contribution in [1.82, 2.24) is 4.31 Å². The third-order valence-corrected chi connectivity index (χ3v) is 6.00. The minimum atomic E-state index is -3.91. The van der Waals surface area contributed by atoms with Crippen LogP contribution in [0.1, 0.15) is 17.3 Å². The summed E-state index contributed by atoms with van der Waals surface area (Å²) in [7, 11) is -3.91. The third kappa shape index (κ3) is 2.72. The summed E-state index contributed by atoms with van der Waals surface area (Å²) >= 11 is 1.25. The predicted molar refractivity (Wildman–Crippen MR) is 74.2 cm³/mol. The lowest BCUT2D eigenvalue weighted by molar-refractivity contribution is -0.140. The summed E-state index contributed by atoms with van der Waals surface area (Å²) in [5.74, 6) is -1.08. The molecule has 1 N–H and O–H groups in total. The van der Waals surface area contributed by atoms with E-state index in [1.165, 1.54) is 43.0 Å². The number of rotatable bonds is 4. The molecule has 2 rings (SSSR count). The van der Waals surface area contributed by atoms with Crippen LogP contribution in [0, 0.1) is 0 Å². The first-order chi connectivity index (χ1) is 9.34. The van der Waals surface area contributed by atoms with Gasteiger partial charge in [0, 0.05) is 11.3 Å². The number of ketones is 1. The molecule has 0 aliphatic carbocycles. The van der Waals surface area contributed by atoms with Gasteiger partial charge < -0.3 is 5.11 Å². The van der Waals surface area contributed by atoms with Crippen molar-refractivity contribution in [2.75, 3.05) is 11.6 Å². The maximum absolute atomic E-state index is 12.5. The average Bonchev–Trinajstić information content (AvgIpc) is 2.89. The minimum absolute atomic E-state index is 0.0565. The molecule has 0 saturated carbocycles. The van der Waals surface area contributed by atoms with Crippen molar-refractivity contribution in [1.29, 1.82) is 0 Å². The van der Waals surface area contributed by atoms with Crippen LogP contribution in [-0.4, -0.2) is 47.3 Å². The van der Waals surface area contributed by atoms with Gasteiger partial charge in [-0.15, -0.1) is 11.8 Å². The van der Waals surface area contributed by atoms with Crippen LogP contribution in [0.15, 0.2) is 29.2 Å². The normalized spacial score (nSPS) is 19.9. The van der Waals surface area contributed by atoms with Gasteiger partial charge >= 0.3 is 5.97 Å². The maximum atomic E-state index is 12.5. The summed E-state index contributed by atoms with van der Waals surface area (Å²) in [6, 6.07) is 4.58. The number of thioether (sulfide) groups is 1. The zero-order valence-electron chi connectivity index (χ0n) is 10.6. The van der Waals surface area contributed by atoms with Gasteiger partial charge in [0.15, 0.2) is 5.78 Å². The summed E-state index contributed by atoms with van der Waals surface area (Å²) in [6.45, 7) is 1.34. The van der Waals surface area contributed by atoms with E-state index in [1.807, 2.05) is 0 Å². The SMILES string of the molecule is CC(=O)c1cccc(S(=O)(=O)N2CSCC2C(=O)O)c1. The van der Waals surface area contributed by atoms with Crippen molar-refractivity contribution in [2.24, 2.45) is 0 Å². The van der Waals surface area contributed by atoms with Crippen LogP contribution in [0.4, 0.5) is 0 Å². The van der Waals surface area contributed by atoms with Crippen molar-refractivity contribution in [3.8, 4) is 0 Å². The quantitative estimate of drug-likeness (QED) is 0.835. The van der Waals surface area contributed by atoms with Crippen molar-refractivity contribution in [2.45, 2.75) is 17.9 Å². The van der Waals surface area contributed by atoms with Gasteiger partial charge in [-0.2, -0.15) is 4.31 Å². The first kappa shape index (κ1) is 15.0. The monoisotopic (exact) mass is 315 g/mol. The molecular formula is C12H13NO5S2. The Morgan fingerprint density at radius 2 is 2.10 bits per heavy atom. The molecular weight excluding hydrogens is 302 g/mol. The number of carbonyl (C=O) groups is 2. The molecule has 8 heteroatoms. The van der Waals surface area contributed by atoms with Crippen molar-refractivity contribution in [3.05, 3.63) is 29.8 Å². The minimum Gasteiger partial charge on any atom is -0.480 e. The molecule has 108 valence electrons. The molecule has 6 nitrogen and oxygen atoms in total. The highest BCUT2D eigenvalue weighted by molar-refractivity contribution is 8.00. The molecule has 1 heterocycles. The molecule has 1 fully saturated rings. The number of carboxylic acid groups (broad SMARTS) is 1. The number of hydrogen-bond donors (Lipinski definition) is 1. The standard InChI is InChI=1S/C12H13NO5S2/c1-8(14)9-3-2-4-10(5-9)20(17,18)13-7-19-6-11(13)12(15)16/h2-5,11H,6-7H2,1H3,(H,15,16). The number of benzene rings is 1. The second-order valence-corrected chi connectivity index (χ2v) is 7.22. The van der Waals surface area contributed by atoms with E-state index in [-0.39, 0.29) is 27.9 Å². The first-order valence-electron chi connectivity index (χ1n) is 5.77. The lowest BCUT2D eigenvalue weighted by atomic mass is 10.2. The van der Waals surface area contributed by atoms with Gasteiger partial charge in [0.2, 0.25) is 10.0 Å². The lowest BCUT2D eigenvalue weighted by Gasteiger charge is -2.20. The number of carboxylic acids is 1. The number of sulfonamides is 1. The van der Waals surface area contributed by atoms with E-state index in [9.17, 15) is 18.0 Å². The van der Waals surface area contributed by atoms with Crippen molar-refractivity contribution >= 4 is 33.5 Å². The van der Waals surface area contributed by atoms with Crippen LogP contribution in [0.25, 0.3) is 0 Å². The Balaban J connectivity index is 2.42. The molecule has 0 spiro atoms. The zero-order chi connectivity index (χ0) is 14.9. The van der Waals surface area contributed by atoms with Crippen LogP contribution in [0.5, 0.6) is 0 Å². The topological polar surface area (TPSA) is 91.8 Å².